The molecule has 0 aliphatic carbocycles. The van der Waals surface area contributed by atoms with Crippen molar-refractivity contribution in [1.82, 2.24) is 20.3 Å². The van der Waals surface area contributed by atoms with Crippen molar-refractivity contribution >= 4 is 39.3 Å². The highest BCUT2D eigenvalue weighted by molar-refractivity contribution is 7.19. The molecule has 0 bridgehead atoms. The average molecular weight is 436 g/mol. The smallest absolute Gasteiger partial charge is 0.231 e. The Bertz CT molecular complexity index is 960. The predicted octanol–water partition coefficient (Wildman–Crippen LogP) is 4.04. The lowest BCUT2D eigenvalue weighted by atomic mass is 10.1. The second kappa shape index (κ2) is 10.4. The van der Waals surface area contributed by atoms with E-state index in [0.717, 1.165) is 32.5 Å². The van der Waals surface area contributed by atoms with Gasteiger partial charge in [0.1, 0.15) is 0 Å². The number of nitrogens with one attached hydrogen (secondary N) is 3. The molecule has 0 spiro atoms. The molecule has 162 valence electrons. The highest BCUT2D eigenvalue weighted by Crippen LogP contribution is 2.26. The van der Waals surface area contributed by atoms with Crippen LogP contribution in [-0.2, 0) is 6.54 Å². The number of benzene rings is 1. The first kappa shape index (κ1) is 21.3. The largest absolute Gasteiger partial charge is 0.351 e. The Labute approximate surface area is 187 Å². The third-order valence-electron chi connectivity index (χ3n) is 5.25. The van der Waals surface area contributed by atoms with Gasteiger partial charge in [-0.3, -0.25) is 0 Å². The quantitative estimate of drug-likeness (QED) is 0.415. The summed E-state index contributed by atoms with van der Waals surface area (Å²) >= 11 is 1.87. The van der Waals surface area contributed by atoms with Crippen molar-refractivity contribution in [3.63, 3.8) is 0 Å². The standard InChI is InChI=1S/C23H29N7S/c1-3-11-24-21-27-22(25-12-4-2)29-23(28-21)30-13-9-18(10-14-30)26-16-19-15-17-7-5-6-8-20(17)31-19/h3-8,15,18,26H,1-2,9-14,16H2,(H2,24,25,27,28,29). The van der Waals surface area contributed by atoms with E-state index in [1.54, 1.807) is 12.2 Å². The number of nitrogens with zero attached hydrogens (tertiary/aromatic N) is 4. The summed E-state index contributed by atoms with van der Waals surface area (Å²) in [6.07, 6.45) is 5.69. The minimum Gasteiger partial charge on any atom is -0.351 e. The van der Waals surface area contributed by atoms with Crippen LogP contribution in [0.2, 0.25) is 0 Å². The first-order chi connectivity index (χ1) is 15.2. The maximum atomic E-state index is 4.61. The number of fused-ring (bicyclic) bond motifs is 1. The second-order valence-electron chi connectivity index (χ2n) is 7.51. The van der Waals surface area contributed by atoms with Crippen molar-refractivity contribution in [3.8, 4) is 0 Å². The van der Waals surface area contributed by atoms with Crippen LogP contribution in [0, 0.1) is 0 Å². The molecule has 7 nitrogen and oxygen atoms in total. The number of thiophene rings is 1. The van der Waals surface area contributed by atoms with Gasteiger partial charge in [0.2, 0.25) is 17.8 Å². The third kappa shape index (κ3) is 5.59. The normalized spacial score (nSPS) is 14.5. The summed E-state index contributed by atoms with van der Waals surface area (Å²) in [5, 5.41) is 11.4. The van der Waals surface area contributed by atoms with Crippen LogP contribution < -0.4 is 20.9 Å². The third-order valence-corrected chi connectivity index (χ3v) is 6.37. The summed E-state index contributed by atoms with van der Waals surface area (Å²) in [4.78, 5) is 17.3. The van der Waals surface area contributed by atoms with E-state index in [1.165, 1.54) is 15.0 Å². The monoisotopic (exact) mass is 435 g/mol. The first-order valence-corrected chi connectivity index (χ1v) is 11.5. The highest BCUT2D eigenvalue weighted by Gasteiger charge is 2.22. The SMILES string of the molecule is C=CCNc1nc(NCC=C)nc(N2CCC(NCc3cc4ccccc4s3)CC2)n1. The van der Waals surface area contributed by atoms with Gasteiger partial charge in [0.15, 0.2) is 0 Å². The molecule has 8 heteroatoms. The van der Waals surface area contributed by atoms with Crippen molar-refractivity contribution in [2.24, 2.45) is 0 Å². The van der Waals surface area contributed by atoms with Crippen molar-refractivity contribution in [3.05, 3.63) is 60.5 Å². The van der Waals surface area contributed by atoms with Gasteiger partial charge < -0.3 is 20.9 Å². The van der Waals surface area contributed by atoms with Gasteiger partial charge in [0.25, 0.3) is 0 Å². The molecule has 4 rings (SSSR count). The maximum Gasteiger partial charge on any atom is 0.231 e. The molecule has 0 saturated carbocycles. The molecule has 1 aromatic carbocycles. The minimum atomic E-state index is 0.500. The molecule has 0 amide bonds. The minimum absolute atomic E-state index is 0.500. The van der Waals surface area contributed by atoms with Crippen LogP contribution >= 0.6 is 11.3 Å². The van der Waals surface area contributed by atoms with Crippen molar-refractivity contribution in [2.45, 2.75) is 25.4 Å². The number of anilines is 3. The Morgan fingerprint density at radius 1 is 1.00 bits per heavy atom. The van der Waals surface area contributed by atoms with Crippen LogP contribution in [0.25, 0.3) is 10.1 Å². The molecule has 31 heavy (non-hydrogen) atoms. The molecule has 0 atom stereocenters. The lowest BCUT2D eigenvalue weighted by molar-refractivity contribution is 0.412. The summed E-state index contributed by atoms with van der Waals surface area (Å²) < 4.78 is 1.35. The Hall–Kier alpha value is -2.97. The van der Waals surface area contributed by atoms with Crippen LogP contribution in [-0.4, -0.2) is 47.2 Å². The number of rotatable bonds is 10. The molecular formula is C23H29N7S. The average Bonchev–Trinajstić information content (AvgIpc) is 3.23. The Balaban J connectivity index is 1.34. The zero-order valence-corrected chi connectivity index (χ0v) is 18.5. The summed E-state index contributed by atoms with van der Waals surface area (Å²) in [6.45, 7) is 11.4. The molecule has 1 aliphatic rings. The molecule has 2 aromatic heterocycles. The Morgan fingerprint density at radius 3 is 2.32 bits per heavy atom. The van der Waals surface area contributed by atoms with E-state index in [2.05, 4.69) is 79.3 Å². The lowest BCUT2D eigenvalue weighted by Crippen LogP contribution is -2.43. The van der Waals surface area contributed by atoms with Crippen LogP contribution in [0.4, 0.5) is 17.8 Å². The molecule has 0 radical (unpaired) electrons. The first-order valence-electron chi connectivity index (χ1n) is 10.7. The molecule has 1 aliphatic heterocycles. The van der Waals surface area contributed by atoms with E-state index in [-0.39, 0.29) is 0 Å². The molecule has 3 N–H and O–H groups in total. The summed E-state index contributed by atoms with van der Waals surface area (Å²) in [5.74, 6) is 1.82. The van der Waals surface area contributed by atoms with E-state index in [9.17, 15) is 0 Å². The van der Waals surface area contributed by atoms with Gasteiger partial charge in [-0.05, 0) is 30.4 Å². The second-order valence-corrected chi connectivity index (χ2v) is 8.68. The Kier molecular flexibility index (Phi) is 7.11. The van der Waals surface area contributed by atoms with Crippen molar-refractivity contribution < 1.29 is 0 Å². The van der Waals surface area contributed by atoms with E-state index in [0.29, 0.717) is 37.0 Å². The van der Waals surface area contributed by atoms with Gasteiger partial charge in [0, 0.05) is 48.3 Å². The number of piperidine rings is 1. The summed E-state index contributed by atoms with van der Waals surface area (Å²) in [6, 6.07) is 11.4. The maximum absolute atomic E-state index is 4.61. The predicted molar refractivity (Wildman–Crippen MR) is 131 cm³/mol. The number of hydrogen-bond donors (Lipinski definition) is 3. The van der Waals surface area contributed by atoms with Gasteiger partial charge in [-0.1, -0.05) is 30.4 Å². The zero-order chi connectivity index (χ0) is 21.5. The molecule has 1 fully saturated rings. The lowest BCUT2D eigenvalue weighted by Gasteiger charge is -2.32. The van der Waals surface area contributed by atoms with Crippen molar-refractivity contribution in [1.29, 1.82) is 0 Å². The topological polar surface area (TPSA) is 78.0 Å². The molecular weight excluding hydrogens is 406 g/mol. The fraction of sp³-hybridized carbons (Fsp3) is 0.348. The molecule has 3 heterocycles. The van der Waals surface area contributed by atoms with Gasteiger partial charge in [-0.2, -0.15) is 15.0 Å². The van der Waals surface area contributed by atoms with Gasteiger partial charge in [0.05, 0.1) is 0 Å². The van der Waals surface area contributed by atoms with Crippen molar-refractivity contribution in [2.75, 3.05) is 41.7 Å². The van der Waals surface area contributed by atoms with Crippen LogP contribution in [0.3, 0.4) is 0 Å². The molecule has 3 aromatic rings. The van der Waals surface area contributed by atoms with Gasteiger partial charge >= 0.3 is 0 Å². The zero-order valence-electron chi connectivity index (χ0n) is 17.7. The van der Waals surface area contributed by atoms with E-state index in [4.69, 9.17) is 0 Å². The van der Waals surface area contributed by atoms with E-state index >= 15 is 0 Å². The summed E-state index contributed by atoms with van der Waals surface area (Å²) in [7, 11) is 0. The van der Waals surface area contributed by atoms with Gasteiger partial charge in [-0.25, -0.2) is 0 Å². The highest BCUT2D eigenvalue weighted by atomic mass is 32.1. The van der Waals surface area contributed by atoms with E-state index in [1.807, 2.05) is 11.3 Å². The molecule has 0 unspecified atom stereocenters. The van der Waals surface area contributed by atoms with Crippen LogP contribution in [0.1, 0.15) is 17.7 Å². The summed E-state index contributed by atoms with van der Waals surface area (Å²) in [5.41, 5.74) is 0. The number of hydrogen-bond acceptors (Lipinski definition) is 8. The van der Waals surface area contributed by atoms with Gasteiger partial charge in [-0.15, -0.1) is 24.5 Å². The van der Waals surface area contributed by atoms with Crippen LogP contribution in [0.5, 0.6) is 0 Å². The Morgan fingerprint density at radius 2 is 1.68 bits per heavy atom. The molecule has 1 saturated heterocycles. The number of aromatic nitrogens is 3. The van der Waals surface area contributed by atoms with E-state index < -0.39 is 0 Å². The fourth-order valence-electron chi connectivity index (χ4n) is 3.64. The van der Waals surface area contributed by atoms with Crippen LogP contribution in [0.15, 0.2) is 55.6 Å². The fourth-order valence-corrected chi connectivity index (χ4v) is 4.66.